The van der Waals surface area contributed by atoms with Gasteiger partial charge in [0.25, 0.3) is 0 Å². The van der Waals surface area contributed by atoms with E-state index in [0.717, 1.165) is 71.7 Å². The molecule has 0 spiro atoms. The predicted molar refractivity (Wildman–Crippen MR) is 147 cm³/mol. The number of aromatic nitrogens is 4. The SMILES string of the molecule is Cc1c2ccc(N(C)c3ccnc(Nc4ccc(NCCCCCCC(=O)NO)cc4)n3)cc2nn1C. The number of carbonyl (C=O) groups is 1. The molecule has 1 amide bonds. The van der Waals surface area contributed by atoms with Crippen LogP contribution in [0, 0.1) is 6.92 Å². The molecule has 4 aromatic rings. The Morgan fingerprint density at radius 1 is 1.03 bits per heavy atom. The molecule has 0 radical (unpaired) electrons. The molecule has 0 aliphatic heterocycles. The molecule has 0 saturated carbocycles. The van der Waals surface area contributed by atoms with E-state index in [2.05, 4.69) is 45.8 Å². The summed E-state index contributed by atoms with van der Waals surface area (Å²) in [5.41, 5.74) is 6.70. The molecule has 0 fully saturated rings. The molecule has 10 heteroatoms. The van der Waals surface area contributed by atoms with Crippen LogP contribution in [0.3, 0.4) is 0 Å². The average molecular weight is 503 g/mol. The normalized spacial score (nSPS) is 10.9. The fourth-order valence-electron chi connectivity index (χ4n) is 4.11. The third-order valence-corrected chi connectivity index (χ3v) is 6.41. The van der Waals surface area contributed by atoms with Gasteiger partial charge >= 0.3 is 0 Å². The predicted octanol–water partition coefficient (Wildman–Crippen LogP) is 5.05. The van der Waals surface area contributed by atoms with Gasteiger partial charge in [-0.1, -0.05) is 12.8 Å². The number of carbonyl (C=O) groups excluding carboxylic acids is 1. The lowest BCUT2D eigenvalue weighted by Gasteiger charge is -2.19. The van der Waals surface area contributed by atoms with Crippen LogP contribution in [0.4, 0.5) is 28.8 Å². The second kappa shape index (κ2) is 12.2. The Labute approximate surface area is 216 Å². The van der Waals surface area contributed by atoms with Crippen molar-refractivity contribution >= 4 is 45.6 Å². The molecule has 0 atom stereocenters. The average Bonchev–Trinajstić information content (AvgIpc) is 3.20. The summed E-state index contributed by atoms with van der Waals surface area (Å²) in [5.74, 6) is 0.975. The molecule has 194 valence electrons. The van der Waals surface area contributed by atoms with Crippen molar-refractivity contribution in [3.8, 4) is 0 Å². The van der Waals surface area contributed by atoms with Crippen LogP contribution in [0.1, 0.15) is 37.8 Å². The van der Waals surface area contributed by atoms with Crippen LogP contribution in [0.2, 0.25) is 0 Å². The van der Waals surface area contributed by atoms with Crippen molar-refractivity contribution in [2.45, 2.75) is 39.0 Å². The van der Waals surface area contributed by atoms with Crippen molar-refractivity contribution in [1.29, 1.82) is 0 Å². The van der Waals surface area contributed by atoms with Crippen molar-refractivity contribution in [2.24, 2.45) is 7.05 Å². The number of aryl methyl sites for hydroxylation is 2. The van der Waals surface area contributed by atoms with E-state index in [0.29, 0.717) is 12.4 Å². The first-order valence-corrected chi connectivity index (χ1v) is 12.5. The molecule has 10 nitrogen and oxygen atoms in total. The molecule has 0 unspecified atom stereocenters. The number of nitrogens with one attached hydrogen (secondary N) is 3. The van der Waals surface area contributed by atoms with Gasteiger partial charge in [-0.2, -0.15) is 10.1 Å². The van der Waals surface area contributed by atoms with Gasteiger partial charge in [-0.05, 0) is 68.3 Å². The topological polar surface area (TPSA) is 120 Å². The van der Waals surface area contributed by atoms with E-state index in [4.69, 9.17) is 10.2 Å². The quantitative estimate of drug-likeness (QED) is 0.121. The molecule has 4 N–H and O–H groups in total. The van der Waals surface area contributed by atoms with Crippen LogP contribution >= 0.6 is 0 Å². The smallest absolute Gasteiger partial charge is 0.243 e. The third kappa shape index (κ3) is 6.73. The summed E-state index contributed by atoms with van der Waals surface area (Å²) in [6.45, 7) is 2.93. The maximum atomic E-state index is 11.0. The first-order chi connectivity index (χ1) is 17.9. The fourth-order valence-corrected chi connectivity index (χ4v) is 4.11. The Morgan fingerprint density at radius 2 is 1.78 bits per heavy atom. The molecular weight excluding hydrogens is 468 g/mol. The van der Waals surface area contributed by atoms with Gasteiger partial charge in [0.05, 0.1) is 5.52 Å². The second-order valence-electron chi connectivity index (χ2n) is 9.04. The van der Waals surface area contributed by atoms with Gasteiger partial charge in [0.15, 0.2) is 0 Å². The van der Waals surface area contributed by atoms with Gasteiger partial charge in [-0.3, -0.25) is 14.7 Å². The van der Waals surface area contributed by atoms with Crippen LogP contribution in [0.15, 0.2) is 54.7 Å². The Balaban J connectivity index is 1.29. The highest BCUT2D eigenvalue weighted by molar-refractivity contribution is 5.85. The number of hydrogen-bond donors (Lipinski definition) is 4. The minimum absolute atomic E-state index is 0.325. The zero-order valence-corrected chi connectivity index (χ0v) is 21.5. The highest BCUT2D eigenvalue weighted by Crippen LogP contribution is 2.27. The number of nitrogens with zero attached hydrogens (tertiary/aromatic N) is 5. The number of hydrogen-bond acceptors (Lipinski definition) is 8. The number of amides is 1. The van der Waals surface area contributed by atoms with E-state index in [-0.39, 0.29) is 5.91 Å². The third-order valence-electron chi connectivity index (χ3n) is 6.41. The number of unbranched alkanes of at least 4 members (excludes halogenated alkanes) is 3. The minimum Gasteiger partial charge on any atom is -0.385 e. The molecule has 4 rings (SSSR count). The first-order valence-electron chi connectivity index (χ1n) is 12.5. The van der Waals surface area contributed by atoms with E-state index in [9.17, 15) is 4.79 Å². The number of hydroxylamine groups is 1. The van der Waals surface area contributed by atoms with Gasteiger partial charge in [-0.15, -0.1) is 0 Å². The van der Waals surface area contributed by atoms with E-state index in [1.807, 2.05) is 54.0 Å². The molecule has 0 aliphatic carbocycles. The summed E-state index contributed by atoms with van der Waals surface area (Å²) < 4.78 is 1.90. The fraction of sp³-hybridized carbons (Fsp3) is 0.333. The van der Waals surface area contributed by atoms with Gasteiger partial charge in [0.1, 0.15) is 5.82 Å². The Kier molecular flexibility index (Phi) is 8.52. The number of fused-ring (bicyclic) bond motifs is 1. The Bertz CT molecular complexity index is 1340. The van der Waals surface area contributed by atoms with E-state index in [1.54, 1.807) is 11.7 Å². The highest BCUT2D eigenvalue weighted by atomic mass is 16.5. The number of benzene rings is 2. The minimum atomic E-state index is -0.325. The maximum Gasteiger partial charge on any atom is 0.243 e. The second-order valence-corrected chi connectivity index (χ2v) is 9.04. The molecule has 0 saturated heterocycles. The van der Waals surface area contributed by atoms with Crippen molar-refractivity contribution in [3.63, 3.8) is 0 Å². The largest absolute Gasteiger partial charge is 0.385 e. The van der Waals surface area contributed by atoms with Crippen LogP contribution in [0.25, 0.3) is 10.9 Å². The summed E-state index contributed by atoms with van der Waals surface area (Å²) in [4.78, 5) is 22.1. The standard InChI is InChI=1S/C27H34N8O2/c1-19-23-14-13-22(18-24(23)32-35(19)3)34(2)25-15-17-29-27(31-25)30-21-11-9-20(10-12-21)28-16-7-5-4-6-8-26(36)33-37/h9-15,17-18,28,37H,4-8,16H2,1-3H3,(H,33,36)(H,29,30,31). The Hall–Kier alpha value is -4.18. The van der Waals surface area contributed by atoms with Crippen LogP contribution in [-0.2, 0) is 11.8 Å². The summed E-state index contributed by atoms with van der Waals surface area (Å²) in [6, 6.07) is 16.2. The van der Waals surface area contributed by atoms with Gasteiger partial charge in [0, 0.05) is 61.4 Å². The van der Waals surface area contributed by atoms with Crippen molar-refractivity contribution in [3.05, 3.63) is 60.4 Å². The van der Waals surface area contributed by atoms with Crippen molar-refractivity contribution in [1.82, 2.24) is 25.2 Å². The van der Waals surface area contributed by atoms with Crippen molar-refractivity contribution in [2.75, 3.05) is 29.1 Å². The monoisotopic (exact) mass is 502 g/mol. The van der Waals surface area contributed by atoms with Crippen LogP contribution in [0.5, 0.6) is 0 Å². The summed E-state index contributed by atoms with van der Waals surface area (Å²) in [6.07, 6.45) is 5.90. The van der Waals surface area contributed by atoms with E-state index in [1.165, 1.54) is 0 Å². The van der Waals surface area contributed by atoms with E-state index < -0.39 is 0 Å². The molecule has 2 aromatic carbocycles. The van der Waals surface area contributed by atoms with Crippen molar-refractivity contribution < 1.29 is 10.0 Å². The first kappa shape index (κ1) is 25.9. The number of rotatable bonds is 12. The lowest BCUT2D eigenvalue weighted by Crippen LogP contribution is -2.17. The molecular formula is C27H34N8O2. The summed E-state index contributed by atoms with van der Waals surface area (Å²) in [5, 5.41) is 20.9. The highest BCUT2D eigenvalue weighted by Gasteiger charge is 2.11. The molecule has 2 heterocycles. The molecule has 0 aliphatic rings. The molecule has 2 aromatic heterocycles. The van der Waals surface area contributed by atoms with Gasteiger partial charge in [0.2, 0.25) is 11.9 Å². The van der Waals surface area contributed by atoms with E-state index >= 15 is 0 Å². The summed E-state index contributed by atoms with van der Waals surface area (Å²) in [7, 11) is 3.94. The zero-order valence-electron chi connectivity index (χ0n) is 21.5. The lowest BCUT2D eigenvalue weighted by atomic mass is 10.1. The molecule has 37 heavy (non-hydrogen) atoms. The number of anilines is 5. The van der Waals surface area contributed by atoms with Gasteiger partial charge in [-0.25, -0.2) is 10.5 Å². The Morgan fingerprint density at radius 3 is 2.57 bits per heavy atom. The summed E-state index contributed by atoms with van der Waals surface area (Å²) >= 11 is 0. The van der Waals surface area contributed by atoms with Crippen LogP contribution < -0.4 is 21.0 Å². The lowest BCUT2D eigenvalue weighted by molar-refractivity contribution is -0.129. The maximum absolute atomic E-state index is 11.0. The zero-order chi connectivity index (χ0) is 26.2. The van der Waals surface area contributed by atoms with Gasteiger partial charge < -0.3 is 15.5 Å². The molecule has 0 bridgehead atoms. The van der Waals surface area contributed by atoms with Crippen LogP contribution in [-0.4, -0.2) is 44.5 Å².